The van der Waals surface area contributed by atoms with Gasteiger partial charge in [-0.3, -0.25) is 9.59 Å². The Bertz CT molecular complexity index is 872. The monoisotopic (exact) mass is 448 g/mol. The van der Waals surface area contributed by atoms with Crippen molar-refractivity contribution in [2.75, 3.05) is 0 Å². The average Bonchev–Trinajstić information content (AvgIpc) is 2.72. The molecule has 0 aromatic heterocycles. The molecule has 0 aliphatic heterocycles. The van der Waals surface area contributed by atoms with Crippen LogP contribution in [0.1, 0.15) is 31.4 Å². The summed E-state index contributed by atoms with van der Waals surface area (Å²) in [6.45, 7) is 3.69. The van der Waals surface area contributed by atoms with Gasteiger partial charge in [-0.2, -0.15) is 0 Å². The summed E-state index contributed by atoms with van der Waals surface area (Å²) in [5, 5.41) is 6.41. The maximum absolute atomic E-state index is 12.7. The summed E-state index contributed by atoms with van der Waals surface area (Å²) in [5.74, 6) is -0.760. The van der Waals surface area contributed by atoms with Gasteiger partial charge in [-0.25, -0.2) is 0 Å². The molecule has 0 spiro atoms. The molecule has 7 heteroatoms. The molecule has 2 aromatic rings. The molecule has 0 saturated carbocycles. The first-order chi connectivity index (χ1) is 14.3. The van der Waals surface area contributed by atoms with Crippen LogP contribution in [0.2, 0.25) is 10.0 Å². The number of aldehydes is 1. The molecule has 0 saturated heterocycles. The van der Waals surface area contributed by atoms with Gasteiger partial charge >= 0.3 is 0 Å². The standard InChI is InChI=1S/C23H26Cl2N2O3/c1-15(2)22(23(30)26-18(14-28)12-16-6-4-3-5-7-16)27-21(29)11-9-17-8-10-19(24)20(25)13-17/h3-8,10,13-15,18,22H,9,11-12H2,1-2H3,(H,26,30)(H,27,29). The van der Waals surface area contributed by atoms with E-state index in [1.54, 1.807) is 12.1 Å². The molecule has 0 radical (unpaired) electrons. The van der Waals surface area contributed by atoms with Crippen molar-refractivity contribution in [3.8, 4) is 0 Å². The van der Waals surface area contributed by atoms with E-state index in [0.29, 0.717) is 29.2 Å². The molecule has 0 aliphatic carbocycles. The van der Waals surface area contributed by atoms with Crippen LogP contribution in [0.3, 0.4) is 0 Å². The molecule has 2 unspecified atom stereocenters. The maximum Gasteiger partial charge on any atom is 0.243 e. The largest absolute Gasteiger partial charge is 0.344 e. The zero-order chi connectivity index (χ0) is 22.1. The Kier molecular flexibility index (Phi) is 9.34. The lowest BCUT2D eigenvalue weighted by molar-refractivity contribution is -0.131. The van der Waals surface area contributed by atoms with Gasteiger partial charge in [0.1, 0.15) is 12.3 Å². The summed E-state index contributed by atoms with van der Waals surface area (Å²) in [6.07, 6.45) is 1.79. The van der Waals surface area contributed by atoms with Crippen molar-refractivity contribution in [2.24, 2.45) is 5.92 Å². The predicted molar refractivity (Wildman–Crippen MR) is 120 cm³/mol. The van der Waals surface area contributed by atoms with E-state index in [-0.39, 0.29) is 24.2 Å². The Morgan fingerprint density at radius 1 is 0.967 bits per heavy atom. The molecule has 30 heavy (non-hydrogen) atoms. The number of nitrogens with one attached hydrogen (secondary N) is 2. The summed E-state index contributed by atoms with van der Waals surface area (Å²) in [6, 6.07) is 13.3. The molecule has 0 aliphatic rings. The van der Waals surface area contributed by atoms with Crippen molar-refractivity contribution in [1.29, 1.82) is 0 Å². The number of amides is 2. The van der Waals surface area contributed by atoms with Crippen LogP contribution >= 0.6 is 23.2 Å². The Labute approximate surface area is 187 Å². The SMILES string of the molecule is CC(C)C(NC(=O)CCc1ccc(Cl)c(Cl)c1)C(=O)NC(C=O)Cc1ccccc1. The molecule has 0 fully saturated rings. The number of carbonyl (C=O) groups excluding carboxylic acids is 3. The molecular weight excluding hydrogens is 423 g/mol. The van der Waals surface area contributed by atoms with Crippen molar-refractivity contribution in [3.05, 3.63) is 69.7 Å². The highest BCUT2D eigenvalue weighted by Gasteiger charge is 2.26. The van der Waals surface area contributed by atoms with E-state index in [4.69, 9.17) is 23.2 Å². The number of carbonyl (C=O) groups is 3. The van der Waals surface area contributed by atoms with Gasteiger partial charge in [-0.05, 0) is 42.0 Å². The molecule has 0 bridgehead atoms. The molecule has 2 atom stereocenters. The maximum atomic E-state index is 12.7. The van der Waals surface area contributed by atoms with E-state index in [1.807, 2.05) is 50.2 Å². The molecule has 2 N–H and O–H groups in total. The van der Waals surface area contributed by atoms with Crippen LogP contribution < -0.4 is 10.6 Å². The lowest BCUT2D eigenvalue weighted by Gasteiger charge is -2.23. The van der Waals surface area contributed by atoms with Crippen LogP contribution in [0.25, 0.3) is 0 Å². The van der Waals surface area contributed by atoms with Crippen molar-refractivity contribution in [1.82, 2.24) is 10.6 Å². The lowest BCUT2D eigenvalue weighted by Crippen LogP contribution is -2.52. The number of hydrogen-bond acceptors (Lipinski definition) is 3. The second kappa shape index (κ2) is 11.7. The summed E-state index contributed by atoms with van der Waals surface area (Å²) < 4.78 is 0. The number of hydrogen-bond donors (Lipinski definition) is 2. The van der Waals surface area contributed by atoms with Crippen LogP contribution in [0.15, 0.2) is 48.5 Å². The Balaban J connectivity index is 1.92. The summed E-state index contributed by atoms with van der Waals surface area (Å²) in [5.41, 5.74) is 1.83. The van der Waals surface area contributed by atoms with E-state index >= 15 is 0 Å². The Morgan fingerprint density at radius 2 is 1.67 bits per heavy atom. The first-order valence-electron chi connectivity index (χ1n) is 9.83. The van der Waals surface area contributed by atoms with Gasteiger partial charge in [0.15, 0.2) is 0 Å². The van der Waals surface area contributed by atoms with Gasteiger partial charge in [0.25, 0.3) is 0 Å². The molecule has 2 amide bonds. The van der Waals surface area contributed by atoms with Gasteiger partial charge in [-0.15, -0.1) is 0 Å². The zero-order valence-corrected chi connectivity index (χ0v) is 18.5. The van der Waals surface area contributed by atoms with Crippen LogP contribution in [-0.4, -0.2) is 30.2 Å². The first kappa shape index (κ1) is 23.9. The number of halogens is 2. The third kappa shape index (κ3) is 7.47. The van der Waals surface area contributed by atoms with Gasteiger partial charge in [0.2, 0.25) is 11.8 Å². The number of rotatable bonds is 10. The van der Waals surface area contributed by atoms with Crippen LogP contribution in [0.5, 0.6) is 0 Å². The molecule has 2 rings (SSSR count). The molecule has 160 valence electrons. The van der Waals surface area contributed by atoms with E-state index < -0.39 is 12.1 Å². The summed E-state index contributed by atoms with van der Waals surface area (Å²) in [7, 11) is 0. The fourth-order valence-electron chi connectivity index (χ4n) is 3.01. The van der Waals surface area contributed by atoms with E-state index in [0.717, 1.165) is 11.1 Å². The third-order valence-corrected chi connectivity index (χ3v) is 5.42. The fourth-order valence-corrected chi connectivity index (χ4v) is 3.33. The highest BCUT2D eigenvalue weighted by Crippen LogP contribution is 2.23. The fraction of sp³-hybridized carbons (Fsp3) is 0.348. The van der Waals surface area contributed by atoms with Crippen LogP contribution in [0.4, 0.5) is 0 Å². The second-order valence-electron chi connectivity index (χ2n) is 7.48. The minimum Gasteiger partial charge on any atom is -0.344 e. The van der Waals surface area contributed by atoms with Crippen LogP contribution in [-0.2, 0) is 27.2 Å². The van der Waals surface area contributed by atoms with Crippen LogP contribution in [0, 0.1) is 5.92 Å². The van der Waals surface area contributed by atoms with Crippen molar-refractivity contribution < 1.29 is 14.4 Å². The number of aryl methyl sites for hydroxylation is 1. The zero-order valence-electron chi connectivity index (χ0n) is 17.0. The Hall–Kier alpha value is -2.37. The van der Waals surface area contributed by atoms with Gasteiger partial charge in [-0.1, -0.05) is 73.4 Å². The van der Waals surface area contributed by atoms with Gasteiger partial charge < -0.3 is 15.4 Å². The molecule has 5 nitrogen and oxygen atoms in total. The van der Waals surface area contributed by atoms with E-state index in [1.165, 1.54) is 0 Å². The highest BCUT2D eigenvalue weighted by atomic mass is 35.5. The van der Waals surface area contributed by atoms with Crippen molar-refractivity contribution in [2.45, 2.75) is 45.2 Å². The molecule has 0 heterocycles. The molecule has 2 aromatic carbocycles. The summed E-state index contributed by atoms with van der Waals surface area (Å²) in [4.78, 5) is 36.6. The van der Waals surface area contributed by atoms with Gasteiger partial charge in [0, 0.05) is 6.42 Å². The average molecular weight is 449 g/mol. The third-order valence-electron chi connectivity index (χ3n) is 4.68. The Morgan fingerprint density at radius 3 is 2.27 bits per heavy atom. The highest BCUT2D eigenvalue weighted by molar-refractivity contribution is 6.42. The normalized spacial score (nSPS) is 12.8. The van der Waals surface area contributed by atoms with E-state index in [2.05, 4.69) is 10.6 Å². The predicted octanol–water partition coefficient (Wildman–Crippen LogP) is 3.99. The topological polar surface area (TPSA) is 75.3 Å². The van der Waals surface area contributed by atoms with Gasteiger partial charge in [0.05, 0.1) is 16.1 Å². The van der Waals surface area contributed by atoms with E-state index in [9.17, 15) is 14.4 Å². The quantitative estimate of drug-likeness (QED) is 0.539. The number of benzene rings is 2. The molecular formula is C23H26Cl2N2O3. The van der Waals surface area contributed by atoms with Crippen molar-refractivity contribution >= 4 is 41.3 Å². The second-order valence-corrected chi connectivity index (χ2v) is 8.29. The first-order valence-corrected chi connectivity index (χ1v) is 10.6. The minimum absolute atomic E-state index is 0.136. The summed E-state index contributed by atoms with van der Waals surface area (Å²) >= 11 is 11.9. The van der Waals surface area contributed by atoms with Crippen molar-refractivity contribution in [3.63, 3.8) is 0 Å². The minimum atomic E-state index is -0.732. The smallest absolute Gasteiger partial charge is 0.243 e. The lowest BCUT2D eigenvalue weighted by atomic mass is 10.0.